The number of nitrogens with one attached hydrogen (secondary N) is 1. The molecule has 0 saturated heterocycles. The lowest BCUT2D eigenvalue weighted by molar-refractivity contribution is -0.127. The van der Waals surface area contributed by atoms with Gasteiger partial charge in [0.05, 0.1) is 13.2 Å². The lowest BCUT2D eigenvalue weighted by Gasteiger charge is -2.30. The van der Waals surface area contributed by atoms with E-state index in [2.05, 4.69) is 5.32 Å². The minimum absolute atomic E-state index is 0.200. The number of aliphatic hydroxyl groups excluding tert-OH is 1. The summed E-state index contributed by atoms with van der Waals surface area (Å²) in [6.45, 7) is -1.21. The van der Waals surface area contributed by atoms with Crippen LogP contribution in [0.1, 0.15) is 32.1 Å². The zero-order chi connectivity index (χ0) is 11.3. The van der Waals surface area contributed by atoms with E-state index in [1.807, 2.05) is 0 Å². The Kier molecular flexibility index (Phi) is 4.86. The van der Waals surface area contributed by atoms with E-state index >= 15 is 0 Å². The van der Waals surface area contributed by atoms with Crippen LogP contribution in [0.25, 0.3) is 0 Å². The molecule has 0 heterocycles. The van der Waals surface area contributed by atoms with E-state index in [1.54, 1.807) is 0 Å². The molecule has 1 aliphatic rings. The molecule has 0 aliphatic heterocycles. The second-order valence-electron chi connectivity index (χ2n) is 4.18. The van der Waals surface area contributed by atoms with Crippen molar-refractivity contribution < 1.29 is 18.3 Å². The molecule has 0 aromatic heterocycles. The molecule has 0 bridgehead atoms. The molecule has 1 atom stereocenters. The highest BCUT2D eigenvalue weighted by molar-refractivity contribution is 4.79. The number of hydrogen-bond acceptors (Lipinski definition) is 2. The monoisotopic (exact) mass is 225 g/mol. The van der Waals surface area contributed by atoms with Crippen LogP contribution in [-0.4, -0.2) is 30.5 Å². The lowest BCUT2D eigenvalue weighted by atomic mass is 9.84. The van der Waals surface area contributed by atoms with Gasteiger partial charge in [0.2, 0.25) is 0 Å². The lowest BCUT2D eigenvalue weighted by Crippen LogP contribution is -2.44. The van der Waals surface area contributed by atoms with Crippen LogP contribution < -0.4 is 5.32 Å². The molecule has 0 amide bonds. The topological polar surface area (TPSA) is 32.3 Å². The second-order valence-corrected chi connectivity index (χ2v) is 4.18. The summed E-state index contributed by atoms with van der Waals surface area (Å²) in [4.78, 5) is 0. The van der Waals surface area contributed by atoms with Crippen molar-refractivity contribution in [1.82, 2.24) is 5.32 Å². The summed E-state index contributed by atoms with van der Waals surface area (Å²) in [6.07, 6.45) is 0.950. The van der Waals surface area contributed by atoms with Gasteiger partial charge in [0, 0.05) is 6.04 Å². The maximum absolute atomic E-state index is 12.0. The molecule has 2 nitrogen and oxygen atoms in total. The van der Waals surface area contributed by atoms with Crippen LogP contribution in [0.3, 0.4) is 0 Å². The Morgan fingerprint density at radius 3 is 2.27 bits per heavy atom. The van der Waals surface area contributed by atoms with E-state index in [-0.39, 0.29) is 12.5 Å². The van der Waals surface area contributed by atoms with Gasteiger partial charge < -0.3 is 10.4 Å². The normalized spacial score (nSPS) is 21.6. The molecule has 90 valence electrons. The maximum atomic E-state index is 12.0. The summed E-state index contributed by atoms with van der Waals surface area (Å²) in [6, 6.07) is -0.396. The molecule has 1 unspecified atom stereocenters. The third-order valence-corrected chi connectivity index (χ3v) is 2.98. The summed E-state index contributed by atoms with van der Waals surface area (Å²) < 4.78 is 35.9. The van der Waals surface area contributed by atoms with Gasteiger partial charge in [0.1, 0.15) is 0 Å². The second kappa shape index (κ2) is 5.70. The van der Waals surface area contributed by atoms with Gasteiger partial charge in [0.25, 0.3) is 0 Å². The first kappa shape index (κ1) is 12.8. The number of rotatable bonds is 4. The van der Waals surface area contributed by atoms with E-state index in [1.165, 1.54) is 0 Å². The summed E-state index contributed by atoms with van der Waals surface area (Å²) in [5.74, 6) is 0.200. The number of alkyl halides is 3. The fraction of sp³-hybridized carbons (Fsp3) is 1.00. The Morgan fingerprint density at radius 2 is 1.80 bits per heavy atom. The van der Waals surface area contributed by atoms with E-state index in [9.17, 15) is 13.2 Å². The standard InChI is InChI=1S/C10H18F3NO/c11-10(12,13)7-14-9(6-15)8-4-2-1-3-5-8/h8-9,14-15H,1-7H2. The van der Waals surface area contributed by atoms with Crippen LogP contribution >= 0.6 is 0 Å². The Morgan fingerprint density at radius 1 is 1.20 bits per heavy atom. The van der Waals surface area contributed by atoms with Crippen molar-refractivity contribution in [3.8, 4) is 0 Å². The highest BCUT2D eigenvalue weighted by atomic mass is 19.4. The number of aliphatic hydroxyl groups is 1. The number of hydrogen-bond donors (Lipinski definition) is 2. The predicted molar refractivity (Wildman–Crippen MR) is 51.5 cm³/mol. The van der Waals surface area contributed by atoms with Crippen LogP contribution in [0.5, 0.6) is 0 Å². The number of halogens is 3. The third-order valence-electron chi connectivity index (χ3n) is 2.98. The van der Waals surface area contributed by atoms with Gasteiger partial charge >= 0.3 is 6.18 Å². The SMILES string of the molecule is OCC(NCC(F)(F)F)C1CCCCC1. The van der Waals surface area contributed by atoms with E-state index in [0.717, 1.165) is 32.1 Å². The van der Waals surface area contributed by atoms with E-state index in [4.69, 9.17) is 5.11 Å². The summed E-state index contributed by atoms with van der Waals surface area (Å²) in [5.41, 5.74) is 0. The molecule has 2 N–H and O–H groups in total. The molecular weight excluding hydrogens is 207 g/mol. The molecule has 1 rings (SSSR count). The molecular formula is C10H18F3NO. The average molecular weight is 225 g/mol. The van der Waals surface area contributed by atoms with Crippen molar-refractivity contribution in [2.45, 2.75) is 44.3 Å². The molecule has 1 aliphatic carbocycles. The fourth-order valence-electron chi connectivity index (χ4n) is 2.16. The average Bonchev–Trinajstić information content (AvgIpc) is 2.19. The van der Waals surface area contributed by atoms with Gasteiger partial charge in [0.15, 0.2) is 0 Å². The van der Waals surface area contributed by atoms with Crippen molar-refractivity contribution in [3.63, 3.8) is 0 Å². The molecule has 0 aromatic carbocycles. The Balaban J connectivity index is 2.34. The van der Waals surface area contributed by atoms with Crippen molar-refractivity contribution in [1.29, 1.82) is 0 Å². The van der Waals surface area contributed by atoms with Crippen LogP contribution in [0.15, 0.2) is 0 Å². The smallest absolute Gasteiger partial charge is 0.395 e. The van der Waals surface area contributed by atoms with Gasteiger partial charge in [-0.25, -0.2) is 0 Å². The van der Waals surface area contributed by atoms with Crippen molar-refractivity contribution in [2.24, 2.45) is 5.92 Å². The van der Waals surface area contributed by atoms with Gasteiger partial charge in [-0.3, -0.25) is 0 Å². The molecule has 15 heavy (non-hydrogen) atoms. The van der Waals surface area contributed by atoms with Crippen LogP contribution in [0.4, 0.5) is 13.2 Å². The summed E-state index contributed by atoms with van der Waals surface area (Å²) in [5, 5.41) is 11.4. The molecule has 5 heteroatoms. The molecule has 0 aromatic rings. The van der Waals surface area contributed by atoms with Gasteiger partial charge in [-0.05, 0) is 18.8 Å². The zero-order valence-corrected chi connectivity index (χ0v) is 8.69. The van der Waals surface area contributed by atoms with E-state index in [0.29, 0.717) is 0 Å². The van der Waals surface area contributed by atoms with Crippen LogP contribution in [0.2, 0.25) is 0 Å². The highest BCUT2D eigenvalue weighted by Crippen LogP contribution is 2.26. The Bertz CT molecular complexity index is 178. The first-order valence-electron chi connectivity index (χ1n) is 5.44. The van der Waals surface area contributed by atoms with Gasteiger partial charge in [-0.15, -0.1) is 0 Å². The molecule has 1 saturated carbocycles. The Hall–Kier alpha value is -0.290. The predicted octanol–water partition coefficient (Wildman–Crippen LogP) is 2.08. The highest BCUT2D eigenvalue weighted by Gasteiger charge is 2.30. The first-order chi connectivity index (χ1) is 7.03. The van der Waals surface area contributed by atoms with Crippen molar-refractivity contribution in [3.05, 3.63) is 0 Å². The van der Waals surface area contributed by atoms with Crippen molar-refractivity contribution in [2.75, 3.05) is 13.2 Å². The quantitative estimate of drug-likeness (QED) is 0.767. The molecule has 0 spiro atoms. The maximum Gasteiger partial charge on any atom is 0.401 e. The van der Waals surface area contributed by atoms with E-state index < -0.39 is 18.8 Å². The largest absolute Gasteiger partial charge is 0.401 e. The minimum Gasteiger partial charge on any atom is -0.395 e. The van der Waals surface area contributed by atoms with Crippen LogP contribution in [0, 0.1) is 5.92 Å². The Labute approximate surface area is 87.9 Å². The first-order valence-corrected chi connectivity index (χ1v) is 5.44. The van der Waals surface area contributed by atoms with Crippen molar-refractivity contribution >= 4 is 0 Å². The zero-order valence-electron chi connectivity index (χ0n) is 8.69. The third kappa shape index (κ3) is 4.84. The van der Waals surface area contributed by atoms with Gasteiger partial charge in [-0.1, -0.05) is 19.3 Å². The van der Waals surface area contributed by atoms with Crippen LogP contribution in [-0.2, 0) is 0 Å². The minimum atomic E-state index is -4.19. The summed E-state index contributed by atoms with van der Waals surface area (Å²) in [7, 11) is 0. The van der Waals surface area contributed by atoms with Gasteiger partial charge in [-0.2, -0.15) is 13.2 Å². The summed E-state index contributed by atoms with van der Waals surface area (Å²) >= 11 is 0. The molecule has 1 fully saturated rings. The fourth-order valence-corrected chi connectivity index (χ4v) is 2.16. The molecule has 0 radical (unpaired) electrons.